The molecular weight excluding hydrogens is 254 g/mol. The van der Waals surface area contributed by atoms with Crippen LogP contribution in [-0.4, -0.2) is 17.5 Å². The quantitative estimate of drug-likeness (QED) is 0.799. The van der Waals surface area contributed by atoms with Crippen LogP contribution in [-0.2, 0) is 0 Å². The van der Waals surface area contributed by atoms with E-state index in [0.29, 0.717) is 11.4 Å². The number of aryl methyl sites for hydroxylation is 2. The van der Waals surface area contributed by atoms with E-state index in [2.05, 4.69) is 5.16 Å². The molecule has 1 heterocycles. The molecule has 0 N–H and O–H groups in total. The van der Waals surface area contributed by atoms with Crippen molar-refractivity contribution in [3.63, 3.8) is 0 Å². The van der Waals surface area contributed by atoms with Gasteiger partial charge in [-0.3, -0.25) is 4.79 Å². The Balaban J connectivity index is 2.58. The van der Waals surface area contributed by atoms with Crippen LogP contribution in [0, 0.1) is 13.8 Å². The molecule has 5 heteroatoms. The first-order chi connectivity index (χ1) is 8.52. The Morgan fingerprint density at radius 2 is 2.06 bits per heavy atom. The van der Waals surface area contributed by atoms with Crippen LogP contribution in [0.15, 0.2) is 22.7 Å². The fourth-order valence-corrected chi connectivity index (χ4v) is 2.00. The fourth-order valence-electron chi connectivity index (χ4n) is 1.91. The molecule has 0 aliphatic heterocycles. The number of methoxy groups -OCH3 is 1. The summed E-state index contributed by atoms with van der Waals surface area (Å²) in [6, 6.07) is 5.44. The van der Waals surface area contributed by atoms with Gasteiger partial charge in [-0.2, -0.15) is 0 Å². The number of rotatable bonds is 3. The van der Waals surface area contributed by atoms with Crippen LogP contribution in [0.25, 0.3) is 11.3 Å². The van der Waals surface area contributed by atoms with Gasteiger partial charge in [-0.1, -0.05) is 11.2 Å². The van der Waals surface area contributed by atoms with E-state index < -0.39 is 5.24 Å². The summed E-state index contributed by atoms with van der Waals surface area (Å²) in [6.07, 6.45) is 0. The Morgan fingerprint density at radius 3 is 2.61 bits per heavy atom. The SMILES string of the molecule is COc1c(C)cc(C)cc1-c1cc(C(=O)Cl)on1. The van der Waals surface area contributed by atoms with Gasteiger partial charge in [0.05, 0.1) is 7.11 Å². The first-order valence-electron chi connectivity index (χ1n) is 5.35. The lowest BCUT2D eigenvalue weighted by molar-refractivity contribution is 0.104. The number of ether oxygens (including phenoxy) is 1. The van der Waals surface area contributed by atoms with Crippen molar-refractivity contribution in [1.29, 1.82) is 0 Å². The molecule has 0 bridgehead atoms. The standard InChI is InChI=1S/C13H12ClNO3/c1-7-4-8(2)12(17-3)9(5-7)10-6-11(13(14)16)18-15-10/h4-6H,1-3H3. The second kappa shape index (κ2) is 4.82. The number of halogens is 1. The number of nitrogens with zero attached hydrogens (tertiary/aromatic N) is 1. The minimum absolute atomic E-state index is 0.0212. The molecule has 0 amide bonds. The predicted octanol–water partition coefficient (Wildman–Crippen LogP) is 3.35. The van der Waals surface area contributed by atoms with E-state index in [9.17, 15) is 4.79 Å². The lowest BCUT2D eigenvalue weighted by atomic mass is 10.0. The number of carbonyl (C=O) groups is 1. The Labute approximate surface area is 109 Å². The Bertz CT molecular complexity index is 604. The van der Waals surface area contributed by atoms with Gasteiger partial charge >= 0.3 is 0 Å². The van der Waals surface area contributed by atoms with Crippen molar-refractivity contribution in [2.45, 2.75) is 13.8 Å². The molecule has 2 rings (SSSR count). The summed E-state index contributed by atoms with van der Waals surface area (Å²) in [5.74, 6) is 0.732. The highest BCUT2D eigenvalue weighted by atomic mass is 35.5. The van der Waals surface area contributed by atoms with Gasteiger partial charge in [0.25, 0.3) is 5.24 Å². The summed E-state index contributed by atoms with van der Waals surface area (Å²) in [4.78, 5) is 11.0. The molecule has 0 saturated heterocycles. The van der Waals surface area contributed by atoms with Crippen LogP contribution in [0.5, 0.6) is 5.75 Å². The van der Waals surface area contributed by atoms with Gasteiger partial charge in [0, 0.05) is 11.6 Å². The van der Waals surface area contributed by atoms with Crippen molar-refractivity contribution in [3.8, 4) is 17.0 Å². The van der Waals surface area contributed by atoms with E-state index >= 15 is 0 Å². The summed E-state index contributed by atoms with van der Waals surface area (Å²) in [5.41, 5.74) is 3.38. The molecule has 1 aromatic heterocycles. The molecule has 1 aromatic carbocycles. The smallest absolute Gasteiger partial charge is 0.290 e. The Hall–Kier alpha value is -1.81. The zero-order valence-electron chi connectivity index (χ0n) is 10.3. The number of benzene rings is 1. The highest BCUT2D eigenvalue weighted by Crippen LogP contribution is 2.33. The molecule has 0 fully saturated rings. The zero-order valence-corrected chi connectivity index (χ0v) is 11.0. The number of hydrogen-bond donors (Lipinski definition) is 0. The summed E-state index contributed by atoms with van der Waals surface area (Å²) < 4.78 is 10.2. The summed E-state index contributed by atoms with van der Waals surface area (Å²) in [5, 5.41) is 3.17. The van der Waals surface area contributed by atoms with Crippen molar-refractivity contribution >= 4 is 16.8 Å². The van der Waals surface area contributed by atoms with Crippen molar-refractivity contribution < 1.29 is 14.1 Å². The zero-order chi connectivity index (χ0) is 13.3. The largest absolute Gasteiger partial charge is 0.496 e. The van der Waals surface area contributed by atoms with Gasteiger partial charge in [0.1, 0.15) is 11.4 Å². The molecule has 0 radical (unpaired) electrons. The molecule has 0 spiro atoms. The summed E-state index contributed by atoms with van der Waals surface area (Å²) in [7, 11) is 1.59. The summed E-state index contributed by atoms with van der Waals surface area (Å²) in [6.45, 7) is 3.92. The fraction of sp³-hybridized carbons (Fsp3) is 0.231. The Morgan fingerprint density at radius 1 is 1.33 bits per heavy atom. The van der Waals surface area contributed by atoms with Crippen LogP contribution in [0.1, 0.15) is 21.7 Å². The van der Waals surface area contributed by atoms with Crippen LogP contribution in [0.2, 0.25) is 0 Å². The maximum absolute atomic E-state index is 11.0. The maximum atomic E-state index is 11.0. The van der Waals surface area contributed by atoms with Gasteiger partial charge in [-0.25, -0.2) is 0 Å². The van der Waals surface area contributed by atoms with Crippen molar-refractivity contribution in [1.82, 2.24) is 5.16 Å². The van der Waals surface area contributed by atoms with Gasteiger partial charge in [0.15, 0.2) is 0 Å². The molecule has 0 aliphatic carbocycles. The predicted molar refractivity (Wildman–Crippen MR) is 68.1 cm³/mol. The second-order valence-corrected chi connectivity index (χ2v) is 4.36. The van der Waals surface area contributed by atoms with E-state index in [1.54, 1.807) is 7.11 Å². The average molecular weight is 266 g/mol. The Kier molecular flexibility index (Phi) is 3.39. The van der Waals surface area contributed by atoms with Gasteiger partial charge in [-0.15, -0.1) is 0 Å². The average Bonchev–Trinajstić information content (AvgIpc) is 2.77. The third-order valence-electron chi connectivity index (χ3n) is 2.60. The third kappa shape index (κ3) is 2.24. The molecule has 0 unspecified atom stereocenters. The van der Waals surface area contributed by atoms with Crippen molar-refractivity contribution in [3.05, 3.63) is 35.1 Å². The van der Waals surface area contributed by atoms with Crippen LogP contribution in [0.4, 0.5) is 0 Å². The molecule has 2 aromatic rings. The van der Waals surface area contributed by atoms with Crippen LogP contribution < -0.4 is 4.74 Å². The van der Waals surface area contributed by atoms with Crippen LogP contribution in [0.3, 0.4) is 0 Å². The summed E-state index contributed by atoms with van der Waals surface area (Å²) >= 11 is 5.34. The lowest BCUT2D eigenvalue weighted by Crippen LogP contribution is -1.93. The molecule has 0 aliphatic rings. The van der Waals surface area contributed by atoms with Crippen molar-refractivity contribution in [2.24, 2.45) is 0 Å². The minimum Gasteiger partial charge on any atom is -0.496 e. The minimum atomic E-state index is -0.669. The van der Waals surface area contributed by atoms with E-state index in [1.807, 2.05) is 26.0 Å². The number of aromatic nitrogens is 1. The van der Waals surface area contributed by atoms with Crippen LogP contribution >= 0.6 is 11.6 Å². The maximum Gasteiger partial charge on any atom is 0.290 e. The monoisotopic (exact) mass is 265 g/mol. The van der Waals surface area contributed by atoms with Gasteiger partial charge < -0.3 is 9.26 Å². The van der Waals surface area contributed by atoms with E-state index in [1.165, 1.54) is 6.07 Å². The normalized spacial score (nSPS) is 10.4. The molecule has 0 atom stereocenters. The van der Waals surface area contributed by atoms with Gasteiger partial charge in [-0.05, 0) is 42.6 Å². The van der Waals surface area contributed by atoms with E-state index in [4.69, 9.17) is 20.9 Å². The molecule has 18 heavy (non-hydrogen) atoms. The van der Waals surface area contributed by atoms with E-state index in [0.717, 1.165) is 16.7 Å². The number of hydrogen-bond acceptors (Lipinski definition) is 4. The first-order valence-corrected chi connectivity index (χ1v) is 5.73. The third-order valence-corrected chi connectivity index (χ3v) is 2.79. The topological polar surface area (TPSA) is 52.3 Å². The molecule has 4 nitrogen and oxygen atoms in total. The highest BCUT2D eigenvalue weighted by molar-refractivity contribution is 6.67. The second-order valence-electron chi connectivity index (χ2n) is 4.01. The molecule has 94 valence electrons. The highest BCUT2D eigenvalue weighted by Gasteiger charge is 2.16. The number of carbonyl (C=O) groups excluding carboxylic acids is 1. The molecular formula is C13H12ClNO3. The van der Waals surface area contributed by atoms with Crippen molar-refractivity contribution in [2.75, 3.05) is 7.11 Å². The lowest BCUT2D eigenvalue weighted by Gasteiger charge is -2.10. The van der Waals surface area contributed by atoms with Gasteiger partial charge in [0.2, 0.25) is 5.76 Å². The van der Waals surface area contributed by atoms with E-state index in [-0.39, 0.29) is 5.76 Å². The molecule has 0 saturated carbocycles. The first kappa shape index (κ1) is 12.6.